The maximum atomic E-state index is 5.35. The fraction of sp³-hybridized carbons (Fsp3) is 0.167. The standard InChI is InChI=1S/C24H22IN7O/c1-16-5-3-8-20(28-16)24-23(18-9-10-22-26-15-27-32(22)13-18)29-21(30-24)14-31(25)12-17-6-4-7-19(11-17)33-2/h3-11,13,15H,12,14H2,1-2H3,(H,29,30). The number of fused-ring (bicyclic) bond motifs is 1. The Bertz CT molecular complexity index is 1410. The van der Waals surface area contributed by atoms with Crippen molar-refractivity contribution in [1.29, 1.82) is 0 Å². The number of hydrogen-bond acceptors (Lipinski definition) is 6. The molecule has 0 saturated carbocycles. The largest absolute Gasteiger partial charge is 0.497 e. The molecule has 0 bridgehead atoms. The number of ether oxygens (including phenoxy) is 1. The van der Waals surface area contributed by atoms with E-state index in [1.807, 2.05) is 55.6 Å². The van der Waals surface area contributed by atoms with E-state index in [0.717, 1.165) is 52.1 Å². The van der Waals surface area contributed by atoms with E-state index in [2.05, 4.69) is 53.2 Å². The SMILES string of the molecule is COc1cccc(CN(I)Cc2nc(-c3ccc4ncnn4c3)c(-c3cccc(C)n3)[nH]2)c1. The number of aryl methyl sites for hydroxylation is 1. The molecular weight excluding hydrogens is 529 g/mol. The average Bonchev–Trinajstić information content (AvgIpc) is 3.45. The molecular formula is C24H22IN7O. The van der Waals surface area contributed by atoms with Gasteiger partial charge in [0.2, 0.25) is 0 Å². The lowest BCUT2D eigenvalue weighted by atomic mass is 10.1. The minimum atomic E-state index is 0.641. The van der Waals surface area contributed by atoms with Gasteiger partial charge in [0.05, 0.1) is 30.7 Å². The molecule has 8 nitrogen and oxygen atoms in total. The van der Waals surface area contributed by atoms with Gasteiger partial charge in [-0.05, 0) is 48.9 Å². The average molecular weight is 551 g/mol. The van der Waals surface area contributed by atoms with Crippen LogP contribution in [0.5, 0.6) is 5.75 Å². The van der Waals surface area contributed by atoms with Crippen LogP contribution < -0.4 is 4.74 Å². The van der Waals surface area contributed by atoms with E-state index in [0.29, 0.717) is 6.54 Å². The van der Waals surface area contributed by atoms with Crippen molar-refractivity contribution in [3.63, 3.8) is 0 Å². The van der Waals surface area contributed by atoms with Gasteiger partial charge < -0.3 is 9.72 Å². The second kappa shape index (κ2) is 9.28. The summed E-state index contributed by atoms with van der Waals surface area (Å²) in [6.07, 6.45) is 3.49. The van der Waals surface area contributed by atoms with E-state index in [9.17, 15) is 0 Å². The Morgan fingerprint density at radius 2 is 1.94 bits per heavy atom. The van der Waals surface area contributed by atoms with Crippen LogP contribution in [0.1, 0.15) is 17.1 Å². The van der Waals surface area contributed by atoms with Gasteiger partial charge in [-0.3, -0.25) is 4.98 Å². The minimum Gasteiger partial charge on any atom is -0.497 e. The van der Waals surface area contributed by atoms with Crippen molar-refractivity contribution in [2.75, 3.05) is 7.11 Å². The second-order valence-corrected chi connectivity index (χ2v) is 9.05. The zero-order valence-corrected chi connectivity index (χ0v) is 20.4. The molecule has 4 aromatic heterocycles. The van der Waals surface area contributed by atoms with Gasteiger partial charge >= 0.3 is 0 Å². The molecule has 33 heavy (non-hydrogen) atoms. The molecule has 5 rings (SSSR count). The van der Waals surface area contributed by atoms with E-state index >= 15 is 0 Å². The molecule has 0 atom stereocenters. The van der Waals surface area contributed by atoms with E-state index in [-0.39, 0.29) is 0 Å². The summed E-state index contributed by atoms with van der Waals surface area (Å²) in [5.74, 6) is 1.72. The quantitative estimate of drug-likeness (QED) is 0.230. The third-order valence-electron chi connectivity index (χ3n) is 5.25. The van der Waals surface area contributed by atoms with Crippen LogP contribution in [0.4, 0.5) is 0 Å². The van der Waals surface area contributed by atoms with Crippen molar-refractivity contribution in [1.82, 2.24) is 32.7 Å². The first-order valence-corrected chi connectivity index (χ1v) is 11.4. The van der Waals surface area contributed by atoms with Crippen molar-refractivity contribution < 1.29 is 4.74 Å². The number of imidazole rings is 1. The molecule has 0 radical (unpaired) electrons. The zero-order chi connectivity index (χ0) is 22.8. The van der Waals surface area contributed by atoms with Crippen LogP contribution in [-0.2, 0) is 13.1 Å². The number of aromatic nitrogens is 6. The van der Waals surface area contributed by atoms with Crippen LogP contribution in [0, 0.1) is 6.92 Å². The fourth-order valence-corrected chi connectivity index (χ4v) is 4.44. The Morgan fingerprint density at radius 3 is 2.79 bits per heavy atom. The molecule has 9 heteroatoms. The summed E-state index contributed by atoms with van der Waals surface area (Å²) in [5, 5.41) is 4.27. The molecule has 1 aromatic carbocycles. The zero-order valence-electron chi connectivity index (χ0n) is 18.2. The normalized spacial score (nSPS) is 11.4. The summed E-state index contributed by atoms with van der Waals surface area (Å²) in [6, 6.07) is 18.1. The van der Waals surface area contributed by atoms with Gasteiger partial charge in [-0.25, -0.2) is 17.6 Å². The van der Waals surface area contributed by atoms with E-state index in [4.69, 9.17) is 14.7 Å². The van der Waals surface area contributed by atoms with Crippen LogP contribution in [0.25, 0.3) is 28.3 Å². The van der Waals surface area contributed by atoms with E-state index in [1.165, 1.54) is 5.56 Å². The number of methoxy groups -OCH3 is 1. The molecule has 0 saturated heterocycles. The number of H-pyrrole nitrogens is 1. The Balaban J connectivity index is 1.48. The molecule has 5 aromatic rings. The number of nitrogens with zero attached hydrogens (tertiary/aromatic N) is 6. The molecule has 0 aliphatic heterocycles. The van der Waals surface area contributed by atoms with Crippen LogP contribution >= 0.6 is 22.9 Å². The first-order chi connectivity index (χ1) is 16.1. The third-order valence-corrected chi connectivity index (χ3v) is 5.94. The van der Waals surface area contributed by atoms with Gasteiger partial charge in [0.25, 0.3) is 0 Å². The van der Waals surface area contributed by atoms with Crippen LogP contribution in [-0.4, -0.2) is 39.8 Å². The van der Waals surface area contributed by atoms with E-state index in [1.54, 1.807) is 18.0 Å². The minimum absolute atomic E-state index is 0.641. The highest BCUT2D eigenvalue weighted by molar-refractivity contribution is 14.1. The smallest absolute Gasteiger partial charge is 0.155 e. The lowest BCUT2D eigenvalue weighted by Crippen LogP contribution is -2.11. The Labute approximate surface area is 205 Å². The molecule has 4 heterocycles. The lowest BCUT2D eigenvalue weighted by molar-refractivity contribution is 0.412. The summed E-state index contributed by atoms with van der Waals surface area (Å²) in [4.78, 5) is 17.4. The summed E-state index contributed by atoms with van der Waals surface area (Å²) in [7, 11) is 1.68. The van der Waals surface area contributed by atoms with Gasteiger partial charge in [-0.15, -0.1) is 0 Å². The predicted molar refractivity (Wildman–Crippen MR) is 135 cm³/mol. The number of benzene rings is 1. The van der Waals surface area contributed by atoms with Crippen molar-refractivity contribution in [2.24, 2.45) is 0 Å². The molecule has 0 fully saturated rings. The summed E-state index contributed by atoms with van der Waals surface area (Å²) in [6.45, 7) is 3.39. The monoisotopic (exact) mass is 551 g/mol. The summed E-state index contributed by atoms with van der Waals surface area (Å²) < 4.78 is 9.29. The van der Waals surface area contributed by atoms with Crippen LogP contribution in [0.2, 0.25) is 0 Å². The van der Waals surface area contributed by atoms with Crippen molar-refractivity contribution in [3.8, 4) is 28.4 Å². The fourth-order valence-electron chi connectivity index (χ4n) is 3.72. The Kier molecular flexibility index (Phi) is 6.05. The highest BCUT2D eigenvalue weighted by atomic mass is 127. The predicted octanol–water partition coefficient (Wildman–Crippen LogP) is 4.85. The van der Waals surface area contributed by atoms with Gasteiger partial charge in [-0.1, -0.05) is 18.2 Å². The lowest BCUT2D eigenvalue weighted by Gasteiger charge is -2.13. The highest BCUT2D eigenvalue weighted by Gasteiger charge is 2.18. The van der Waals surface area contributed by atoms with Gasteiger partial charge in [0.15, 0.2) is 5.65 Å². The maximum Gasteiger partial charge on any atom is 0.155 e. The second-order valence-electron chi connectivity index (χ2n) is 7.68. The molecule has 0 aliphatic rings. The van der Waals surface area contributed by atoms with Crippen molar-refractivity contribution in [2.45, 2.75) is 20.0 Å². The molecule has 1 N–H and O–H groups in total. The third kappa shape index (κ3) is 4.74. The van der Waals surface area contributed by atoms with Crippen LogP contribution in [0.3, 0.4) is 0 Å². The first-order valence-electron chi connectivity index (χ1n) is 10.5. The number of rotatable bonds is 7. The van der Waals surface area contributed by atoms with Crippen molar-refractivity contribution in [3.05, 3.63) is 84.2 Å². The van der Waals surface area contributed by atoms with Crippen LogP contribution in [0.15, 0.2) is 67.1 Å². The topological polar surface area (TPSA) is 84.2 Å². The van der Waals surface area contributed by atoms with E-state index < -0.39 is 0 Å². The number of pyridine rings is 2. The molecule has 0 unspecified atom stereocenters. The Morgan fingerprint density at radius 1 is 1.06 bits per heavy atom. The van der Waals surface area contributed by atoms with Gasteiger partial charge in [-0.2, -0.15) is 5.10 Å². The first kappa shape index (κ1) is 21.5. The highest BCUT2D eigenvalue weighted by Crippen LogP contribution is 2.30. The van der Waals surface area contributed by atoms with Gasteiger partial charge in [0, 0.05) is 46.9 Å². The summed E-state index contributed by atoms with van der Waals surface area (Å²) >= 11 is 2.33. The molecule has 166 valence electrons. The number of hydrogen-bond donors (Lipinski definition) is 1. The molecule has 0 amide bonds. The summed E-state index contributed by atoms with van der Waals surface area (Å²) in [5.41, 5.74) is 6.45. The number of nitrogens with one attached hydrogen (secondary N) is 1. The molecule has 0 aliphatic carbocycles. The Hall–Kier alpha value is -3.31. The number of halogens is 1. The molecule has 0 spiro atoms. The van der Waals surface area contributed by atoms with Crippen molar-refractivity contribution >= 4 is 28.5 Å². The number of aromatic amines is 1. The van der Waals surface area contributed by atoms with Gasteiger partial charge in [0.1, 0.15) is 17.9 Å². The maximum absolute atomic E-state index is 5.35.